The molecule has 1 aliphatic heterocycles. The van der Waals surface area contributed by atoms with Crippen molar-refractivity contribution in [2.75, 3.05) is 5.75 Å². The summed E-state index contributed by atoms with van der Waals surface area (Å²) in [4.78, 5) is 15.5. The normalized spacial score (nSPS) is 21.9. The van der Waals surface area contributed by atoms with Crippen molar-refractivity contribution >= 4 is 38.1 Å². The molecule has 2 heterocycles. The van der Waals surface area contributed by atoms with Crippen LogP contribution in [0.2, 0.25) is 5.02 Å². The molecule has 0 saturated carbocycles. The fourth-order valence-corrected chi connectivity index (χ4v) is 4.76. The summed E-state index contributed by atoms with van der Waals surface area (Å²) >= 11 is 5.95. The molecule has 1 saturated heterocycles. The Hall–Kier alpha value is -1.33. The molecule has 0 aliphatic carbocycles. The molecule has 3 rings (SSSR count). The van der Waals surface area contributed by atoms with Crippen LogP contribution in [-0.2, 0) is 9.84 Å². The lowest BCUT2D eigenvalue weighted by molar-refractivity contribution is 0.0983. The Morgan fingerprint density at radius 3 is 2.85 bits per heavy atom. The standard InChI is InChI=1S/C14H14ClNO3S/c15-9-4-5-12-10(7-9)11(8-16-12)14(17)13-3-1-2-6-20(13,18)19/h4-5,7-8,13,16H,1-3,6H2. The highest BCUT2D eigenvalue weighted by Crippen LogP contribution is 2.28. The van der Waals surface area contributed by atoms with Crippen molar-refractivity contribution in [3.63, 3.8) is 0 Å². The average Bonchev–Trinajstić information content (AvgIpc) is 2.80. The van der Waals surface area contributed by atoms with E-state index < -0.39 is 15.1 Å². The molecule has 0 spiro atoms. The van der Waals surface area contributed by atoms with Gasteiger partial charge >= 0.3 is 0 Å². The van der Waals surface area contributed by atoms with Gasteiger partial charge in [0, 0.05) is 27.7 Å². The van der Waals surface area contributed by atoms with Crippen molar-refractivity contribution in [3.05, 3.63) is 35.0 Å². The van der Waals surface area contributed by atoms with E-state index in [4.69, 9.17) is 11.6 Å². The van der Waals surface area contributed by atoms with Crippen molar-refractivity contribution in [1.82, 2.24) is 4.98 Å². The van der Waals surface area contributed by atoms with E-state index in [0.717, 1.165) is 11.9 Å². The van der Waals surface area contributed by atoms with Gasteiger partial charge in [-0.15, -0.1) is 0 Å². The van der Waals surface area contributed by atoms with E-state index in [1.165, 1.54) is 0 Å². The number of H-pyrrole nitrogens is 1. The fraction of sp³-hybridized carbons (Fsp3) is 0.357. The predicted octanol–water partition coefficient (Wildman–Crippen LogP) is 2.97. The molecule has 1 aliphatic rings. The predicted molar refractivity (Wildman–Crippen MR) is 79.1 cm³/mol. The topological polar surface area (TPSA) is 67.0 Å². The van der Waals surface area contributed by atoms with E-state index in [2.05, 4.69) is 4.98 Å². The van der Waals surface area contributed by atoms with E-state index in [1.54, 1.807) is 24.4 Å². The number of nitrogens with one attached hydrogen (secondary N) is 1. The first-order valence-electron chi connectivity index (χ1n) is 6.51. The van der Waals surface area contributed by atoms with Gasteiger partial charge in [0.25, 0.3) is 0 Å². The number of aromatic amines is 1. The van der Waals surface area contributed by atoms with Crippen LogP contribution >= 0.6 is 11.6 Å². The minimum atomic E-state index is -3.32. The van der Waals surface area contributed by atoms with Gasteiger partial charge in [0.05, 0.1) is 5.75 Å². The van der Waals surface area contributed by atoms with Gasteiger partial charge in [-0.1, -0.05) is 18.0 Å². The first-order valence-corrected chi connectivity index (χ1v) is 8.61. The van der Waals surface area contributed by atoms with Crippen LogP contribution < -0.4 is 0 Å². The van der Waals surface area contributed by atoms with Crippen LogP contribution in [0.4, 0.5) is 0 Å². The molecule has 2 aromatic rings. The van der Waals surface area contributed by atoms with Crippen molar-refractivity contribution in [1.29, 1.82) is 0 Å². The third-order valence-corrected chi connectivity index (χ3v) is 6.19. The summed E-state index contributed by atoms with van der Waals surface area (Å²) in [7, 11) is -3.32. The van der Waals surface area contributed by atoms with Crippen LogP contribution in [0.25, 0.3) is 10.9 Å². The molecule has 1 unspecified atom stereocenters. The highest BCUT2D eigenvalue weighted by molar-refractivity contribution is 7.92. The molecule has 20 heavy (non-hydrogen) atoms. The summed E-state index contributed by atoms with van der Waals surface area (Å²) < 4.78 is 24.1. The second-order valence-corrected chi connectivity index (χ2v) is 7.85. The molecular formula is C14H14ClNO3S. The van der Waals surface area contributed by atoms with Crippen LogP contribution in [-0.4, -0.2) is 30.2 Å². The van der Waals surface area contributed by atoms with Crippen molar-refractivity contribution in [2.45, 2.75) is 24.5 Å². The Balaban J connectivity index is 2.06. The van der Waals surface area contributed by atoms with Gasteiger partial charge in [0.2, 0.25) is 0 Å². The smallest absolute Gasteiger partial charge is 0.183 e. The highest BCUT2D eigenvalue weighted by Gasteiger charge is 2.36. The number of hydrogen-bond donors (Lipinski definition) is 1. The lowest BCUT2D eigenvalue weighted by Gasteiger charge is -2.20. The molecule has 1 atom stereocenters. The largest absolute Gasteiger partial charge is 0.360 e. The molecule has 4 nitrogen and oxygen atoms in total. The van der Waals surface area contributed by atoms with Gasteiger partial charge in [-0.25, -0.2) is 8.42 Å². The van der Waals surface area contributed by atoms with Crippen molar-refractivity contribution in [2.24, 2.45) is 0 Å². The molecule has 0 bridgehead atoms. The maximum absolute atomic E-state index is 12.6. The van der Waals surface area contributed by atoms with Gasteiger partial charge in [-0.2, -0.15) is 0 Å². The maximum Gasteiger partial charge on any atom is 0.183 e. The van der Waals surface area contributed by atoms with Crippen LogP contribution in [0.15, 0.2) is 24.4 Å². The summed E-state index contributed by atoms with van der Waals surface area (Å²) in [5.74, 6) is -0.217. The van der Waals surface area contributed by atoms with E-state index in [1.807, 2.05) is 0 Å². The number of benzene rings is 1. The SMILES string of the molecule is O=C(c1c[nH]c2ccc(Cl)cc12)C1CCCCS1(=O)=O. The second-order valence-electron chi connectivity index (χ2n) is 5.11. The molecule has 1 aromatic heterocycles. The Labute approximate surface area is 122 Å². The van der Waals surface area contributed by atoms with Gasteiger partial charge in [-0.3, -0.25) is 4.79 Å². The van der Waals surface area contributed by atoms with Crippen molar-refractivity contribution in [3.8, 4) is 0 Å². The van der Waals surface area contributed by atoms with Crippen LogP contribution in [0.3, 0.4) is 0 Å². The number of ketones is 1. The van der Waals surface area contributed by atoms with E-state index in [9.17, 15) is 13.2 Å². The molecule has 0 radical (unpaired) electrons. The Kier molecular flexibility index (Phi) is 3.34. The molecule has 106 valence electrons. The number of halogens is 1. The molecular weight excluding hydrogens is 298 g/mol. The van der Waals surface area contributed by atoms with Gasteiger partial charge in [0.1, 0.15) is 5.25 Å². The van der Waals surface area contributed by atoms with Crippen molar-refractivity contribution < 1.29 is 13.2 Å². The minimum Gasteiger partial charge on any atom is -0.360 e. The van der Waals surface area contributed by atoms with E-state index in [0.29, 0.717) is 28.8 Å². The number of rotatable bonds is 2. The second kappa shape index (κ2) is 4.90. The molecule has 6 heteroatoms. The lowest BCUT2D eigenvalue weighted by atomic mass is 10.0. The molecule has 1 N–H and O–H groups in total. The highest BCUT2D eigenvalue weighted by atomic mass is 35.5. The molecule has 1 fully saturated rings. The Morgan fingerprint density at radius 2 is 2.10 bits per heavy atom. The zero-order valence-corrected chi connectivity index (χ0v) is 12.3. The number of sulfone groups is 1. The molecule has 0 amide bonds. The number of aromatic nitrogens is 1. The van der Waals surface area contributed by atoms with Gasteiger partial charge in [0.15, 0.2) is 15.6 Å². The van der Waals surface area contributed by atoms with Gasteiger partial charge < -0.3 is 4.98 Å². The third kappa shape index (κ3) is 2.25. The summed E-state index contributed by atoms with van der Waals surface area (Å²) in [6.07, 6.45) is 3.41. The van der Waals surface area contributed by atoms with Gasteiger partial charge in [-0.05, 0) is 31.0 Å². The third-order valence-electron chi connectivity index (χ3n) is 3.78. The van der Waals surface area contributed by atoms with Crippen LogP contribution in [0, 0.1) is 0 Å². The minimum absolute atomic E-state index is 0.104. The monoisotopic (exact) mass is 311 g/mol. The zero-order chi connectivity index (χ0) is 14.3. The first kappa shape index (κ1) is 13.6. The number of carbonyl (C=O) groups is 1. The number of hydrogen-bond acceptors (Lipinski definition) is 3. The van der Waals surface area contributed by atoms with Crippen LogP contribution in [0.1, 0.15) is 29.6 Å². The average molecular weight is 312 g/mol. The number of Topliss-reactive ketones (excluding diaryl/α,β-unsaturated/α-hetero) is 1. The zero-order valence-electron chi connectivity index (χ0n) is 10.7. The summed E-state index contributed by atoms with van der Waals surface area (Å²) in [5, 5.41) is 0.301. The first-order chi connectivity index (χ1) is 9.49. The fourth-order valence-electron chi connectivity index (χ4n) is 2.72. The van der Waals surface area contributed by atoms with E-state index in [-0.39, 0.29) is 11.5 Å². The number of fused-ring (bicyclic) bond motifs is 1. The maximum atomic E-state index is 12.6. The summed E-state index contributed by atoms with van der Waals surface area (Å²) in [6.45, 7) is 0. The Bertz CT molecular complexity index is 779. The molecule has 1 aromatic carbocycles. The van der Waals surface area contributed by atoms with E-state index >= 15 is 0 Å². The summed E-state index contributed by atoms with van der Waals surface area (Å²) in [5.41, 5.74) is 1.20. The number of carbonyl (C=O) groups excluding carboxylic acids is 1. The Morgan fingerprint density at radius 1 is 1.30 bits per heavy atom. The quantitative estimate of drug-likeness (QED) is 0.867. The van der Waals surface area contributed by atoms with Crippen LogP contribution in [0.5, 0.6) is 0 Å². The lowest BCUT2D eigenvalue weighted by Crippen LogP contribution is -2.35. The summed E-state index contributed by atoms with van der Waals surface area (Å²) in [6, 6.07) is 5.20.